The molecule has 0 amide bonds. The number of hydrogen-bond donors (Lipinski definition) is 1. The Kier molecular flexibility index (Phi) is 7.62. The van der Waals surface area contributed by atoms with Crippen LogP contribution in [0.3, 0.4) is 0 Å². The first-order valence-electron chi connectivity index (χ1n) is 9.65. The fourth-order valence-corrected chi connectivity index (χ4v) is 5.16. The zero-order valence-electron chi connectivity index (χ0n) is 17.7. The van der Waals surface area contributed by atoms with Crippen LogP contribution in [0.1, 0.15) is 12.0 Å². The Hall–Kier alpha value is -2.27. The van der Waals surface area contributed by atoms with Gasteiger partial charge in [-0.2, -0.15) is 16.8 Å². The van der Waals surface area contributed by atoms with Crippen LogP contribution in [0.15, 0.2) is 42.7 Å². The molecule has 12 nitrogen and oxygen atoms in total. The van der Waals surface area contributed by atoms with Gasteiger partial charge in [0.25, 0.3) is 0 Å². The molecule has 1 N–H and O–H groups in total. The zero-order valence-corrected chi connectivity index (χ0v) is 19.4. The largest absolute Gasteiger partial charge is 0.419 e. The van der Waals surface area contributed by atoms with E-state index in [2.05, 4.69) is 17.8 Å². The standard InChI is InChI=1S/C18H23FN4O8S2/c1-22(12-13-23(2)17-20-9-3-10-21-17)11-8-16-18(24,14-4-6-15(19)7-5-14)30-33(27,28)31-32(25,26)29-16/h3-7,9-10,16,24H,8,11-13H2,1-2H3. The minimum Gasteiger partial charge on any atom is -0.359 e. The van der Waals surface area contributed by atoms with Crippen LogP contribution in [0, 0.1) is 5.82 Å². The van der Waals surface area contributed by atoms with Crippen LogP contribution >= 0.6 is 0 Å². The molecule has 1 aliphatic heterocycles. The fourth-order valence-electron chi connectivity index (χ4n) is 3.07. The second-order valence-electron chi connectivity index (χ2n) is 7.32. The van der Waals surface area contributed by atoms with Crippen molar-refractivity contribution in [3.63, 3.8) is 0 Å². The summed E-state index contributed by atoms with van der Waals surface area (Å²) >= 11 is 0. The number of likely N-dealkylation sites (N-methyl/N-ethyl adjacent to an activating group) is 2. The van der Waals surface area contributed by atoms with Gasteiger partial charge >= 0.3 is 20.8 Å². The molecule has 0 radical (unpaired) electrons. The van der Waals surface area contributed by atoms with Gasteiger partial charge in [-0.1, -0.05) is 12.1 Å². The van der Waals surface area contributed by atoms with E-state index in [1.807, 2.05) is 4.90 Å². The highest BCUT2D eigenvalue weighted by Crippen LogP contribution is 2.37. The summed E-state index contributed by atoms with van der Waals surface area (Å²) < 4.78 is 74.7. The first kappa shape index (κ1) is 25.4. The number of benzene rings is 1. The number of rotatable bonds is 8. The maximum absolute atomic E-state index is 13.3. The average molecular weight is 507 g/mol. The lowest BCUT2D eigenvalue weighted by Crippen LogP contribution is -2.45. The molecule has 1 fully saturated rings. The van der Waals surface area contributed by atoms with Crippen LogP contribution in [0.5, 0.6) is 0 Å². The van der Waals surface area contributed by atoms with Gasteiger partial charge in [0.2, 0.25) is 11.7 Å². The molecule has 0 bridgehead atoms. The lowest BCUT2D eigenvalue weighted by atomic mass is 9.98. The van der Waals surface area contributed by atoms with E-state index in [-0.39, 0.29) is 18.5 Å². The monoisotopic (exact) mass is 506 g/mol. The summed E-state index contributed by atoms with van der Waals surface area (Å²) in [5.74, 6) is -2.93. The van der Waals surface area contributed by atoms with Gasteiger partial charge in [0.05, 0.1) is 0 Å². The SMILES string of the molecule is CN(CCC1OS(=O)(=O)OS(=O)(=O)OC1(O)c1ccc(F)cc1)CCN(C)c1ncccn1. The van der Waals surface area contributed by atoms with E-state index in [0.717, 1.165) is 24.3 Å². The quantitative estimate of drug-likeness (QED) is 0.519. The minimum absolute atomic E-state index is 0.163. The number of aliphatic hydroxyl groups is 1. The van der Waals surface area contributed by atoms with Crippen LogP contribution in [-0.4, -0.2) is 76.6 Å². The molecule has 2 aromatic rings. The van der Waals surface area contributed by atoms with E-state index in [1.54, 1.807) is 37.5 Å². The lowest BCUT2D eigenvalue weighted by molar-refractivity contribution is -0.202. The van der Waals surface area contributed by atoms with Gasteiger partial charge in [0.1, 0.15) is 11.9 Å². The summed E-state index contributed by atoms with van der Waals surface area (Å²) in [5, 5.41) is 11.1. The van der Waals surface area contributed by atoms with E-state index >= 15 is 0 Å². The normalized spacial score (nSPS) is 24.3. The van der Waals surface area contributed by atoms with Crippen LogP contribution in [-0.2, 0) is 38.6 Å². The van der Waals surface area contributed by atoms with Crippen molar-refractivity contribution in [2.24, 2.45) is 0 Å². The molecule has 1 saturated heterocycles. The Labute approximate surface area is 191 Å². The van der Waals surface area contributed by atoms with Crippen LogP contribution in [0.25, 0.3) is 0 Å². The Morgan fingerprint density at radius 1 is 1.03 bits per heavy atom. The predicted molar refractivity (Wildman–Crippen MR) is 113 cm³/mol. The maximum atomic E-state index is 13.3. The summed E-state index contributed by atoms with van der Waals surface area (Å²) in [4.78, 5) is 11.9. The van der Waals surface area contributed by atoms with Gasteiger partial charge in [-0.25, -0.2) is 22.7 Å². The van der Waals surface area contributed by atoms with E-state index < -0.39 is 38.5 Å². The van der Waals surface area contributed by atoms with Crippen molar-refractivity contribution < 1.29 is 38.3 Å². The van der Waals surface area contributed by atoms with Crippen molar-refractivity contribution in [1.82, 2.24) is 14.9 Å². The summed E-state index contributed by atoms with van der Waals surface area (Å²) in [7, 11) is -6.74. The Balaban J connectivity index is 1.75. The minimum atomic E-state index is -5.21. The fraction of sp³-hybridized carbons (Fsp3) is 0.444. The molecule has 2 heterocycles. The second-order valence-corrected chi connectivity index (χ2v) is 9.85. The van der Waals surface area contributed by atoms with Crippen molar-refractivity contribution in [3.8, 4) is 0 Å². The van der Waals surface area contributed by atoms with Crippen LogP contribution in [0.4, 0.5) is 10.3 Å². The highest BCUT2D eigenvalue weighted by molar-refractivity contribution is 7.95. The molecular formula is C18H23FN4O8S2. The Morgan fingerprint density at radius 3 is 2.30 bits per heavy atom. The topological polar surface area (TPSA) is 148 Å². The van der Waals surface area contributed by atoms with Crippen molar-refractivity contribution in [3.05, 3.63) is 54.1 Å². The van der Waals surface area contributed by atoms with Gasteiger partial charge in [0.15, 0.2) is 0 Å². The highest BCUT2D eigenvalue weighted by atomic mass is 32.3. The van der Waals surface area contributed by atoms with Gasteiger partial charge in [0, 0.05) is 44.6 Å². The smallest absolute Gasteiger partial charge is 0.359 e. The molecule has 15 heteroatoms. The lowest BCUT2D eigenvalue weighted by Gasteiger charge is -2.32. The van der Waals surface area contributed by atoms with Gasteiger partial charge in [-0.15, -0.1) is 3.63 Å². The molecule has 1 aromatic carbocycles. The molecule has 0 spiro atoms. The van der Waals surface area contributed by atoms with Gasteiger partial charge in [-0.3, -0.25) is 0 Å². The van der Waals surface area contributed by atoms with E-state index in [0.29, 0.717) is 19.0 Å². The number of hydrogen-bond acceptors (Lipinski definition) is 12. The molecule has 1 aromatic heterocycles. The summed E-state index contributed by atoms with van der Waals surface area (Å²) in [6.45, 7) is 1.16. The first-order valence-corrected chi connectivity index (χ1v) is 12.3. The average Bonchev–Trinajstić information content (AvgIpc) is 2.81. The van der Waals surface area contributed by atoms with E-state index in [4.69, 9.17) is 4.18 Å². The molecular weight excluding hydrogens is 483 g/mol. The molecule has 0 saturated carbocycles. The van der Waals surface area contributed by atoms with Gasteiger partial charge < -0.3 is 14.9 Å². The Morgan fingerprint density at radius 2 is 1.67 bits per heavy atom. The predicted octanol–water partition coefficient (Wildman–Crippen LogP) is 0.141. The third-order valence-corrected chi connectivity index (χ3v) is 7.07. The second kappa shape index (κ2) is 9.92. The summed E-state index contributed by atoms with van der Waals surface area (Å²) in [6, 6.07) is 5.70. The van der Waals surface area contributed by atoms with E-state index in [1.165, 1.54) is 0 Å². The number of anilines is 1. The maximum Gasteiger partial charge on any atom is 0.419 e. The van der Waals surface area contributed by atoms with Crippen molar-refractivity contribution in [1.29, 1.82) is 0 Å². The van der Waals surface area contributed by atoms with Crippen molar-refractivity contribution in [2.75, 3.05) is 38.6 Å². The third-order valence-electron chi connectivity index (χ3n) is 4.81. The summed E-state index contributed by atoms with van der Waals surface area (Å²) in [6.07, 6.45) is 1.31. The van der Waals surface area contributed by atoms with E-state index in [9.17, 15) is 26.3 Å². The number of aromatic nitrogens is 2. The summed E-state index contributed by atoms with van der Waals surface area (Å²) in [5.41, 5.74) is -0.234. The van der Waals surface area contributed by atoms with Crippen LogP contribution in [0.2, 0.25) is 0 Å². The number of halogens is 1. The molecule has 1 aliphatic rings. The third kappa shape index (κ3) is 6.63. The van der Waals surface area contributed by atoms with Crippen molar-refractivity contribution >= 4 is 26.7 Å². The molecule has 33 heavy (non-hydrogen) atoms. The van der Waals surface area contributed by atoms with Crippen LogP contribution < -0.4 is 4.90 Å². The molecule has 0 aliphatic carbocycles. The molecule has 2 atom stereocenters. The zero-order chi connectivity index (χ0) is 24.3. The highest BCUT2D eigenvalue weighted by Gasteiger charge is 2.52. The molecule has 3 rings (SSSR count). The first-order chi connectivity index (χ1) is 15.4. The molecule has 182 valence electrons. The Bertz CT molecular complexity index is 1150. The van der Waals surface area contributed by atoms with Gasteiger partial charge in [-0.05, 0) is 31.7 Å². The van der Waals surface area contributed by atoms with Crippen molar-refractivity contribution in [2.45, 2.75) is 18.3 Å². The number of nitrogens with zero attached hydrogens (tertiary/aromatic N) is 4. The molecule has 2 unspecified atom stereocenters.